The molecule has 0 aromatic heterocycles. The van der Waals surface area contributed by atoms with Gasteiger partial charge in [0.2, 0.25) is 0 Å². The zero-order chi connectivity index (χ0) is 20.6. The standard InChI is InChI=1S/C19H41NO5Si/c1-11-16(23-14-22-8)15(20-17(21)25-18(2,3)4)12-13-24-26(9,10)19(5,6)7/h15-16H,11-14H2,1-10H3,(H,20,21)/t15-,16+/m1/s1. The van der Waals surface area contributed by atoms with Crippen molar-refractivity contribution in [3.05, 3.63) is 0 Å². The fraction of sp³-hybridized carbons (Fsp3) is 0.947. The highest BCUT2D eigenvalue weighted by Gasteiger charge is 2.37. The normalized spacial score (nSPS) is 15.5. The summed E-state index contributed by atoms with van der Waals surface area (Å²) in [7, 11) is -0.243. The second-order valence-electron chi connectivity index (χ2n) is 9.17. The Bertz CT molecular complexity index is 415. The van der Waals surface area contributed by atoms with Crippen LogP contribution in [0.4, 0.5) is 4.79 Å². The van der Waals surface area contributed by atoms with Gasteiger partial charge in [-0.05, 0) is 51.7 Å². The van der Waals surface area contributed by atoms with E-state index in [1.54, 1.807) is 7.11 Å². The summed E-state index contributed by atoms with van der Waals surface area (Å²) in [4.78, 5) is 12.2. The Kier molecular flexibility index (Phi) is 10.4. The Hall–Kier alpha value is -0.633. The molecule has 1 amide bonds. The molecule has 0 aromatic carbocycles. The van der Waals surface area contributed by atoms with Crippen molar-refractivity contribution in [2.45, 2.75) is 97.2 Å². The van der Waals surface area contributed by atoms with Crippen molar-refractivity contribution in [1.82, 2.24) is 5.32 Å². The van der Waals surface area contributed by atoms with Crippen molar-refractivity contribution >= 4 is 14.4 Å². The Labute approximate surface area is 161 Å². The first-order chi connectivity index (χ1) is 11.7. The molecular weight excluding hydrogens is 350 g/mol. The van der Waals surface area contributed by atoms with Crippen molar-refractivity contribution in [2.24, 2.45) is 0 Å². The molecule has 0 unspecified atom stereocenters. The Morgan fingerprint density at radius 2 is 1.69 bits per heavy atom. The summed E-state index contributed by atoms with van der Waals surface area (Å²) in [5, 5.41) is 3.10. The minimum atomic E-state index is -1.83. The van der Waals surface area contributed by atoms with E-state index < -0.39 is 20.0 Å². The number of carbonyl (C=O) groups is 1. The predicted octanol–water partition coefficient (Wildman–Crippen LogP) is 4.69. The first-order valence-corrected chi connectivity index (χ1v) is 12.4. The first-order valence-electron chi connectivity index (χ1n) is 9.47. The molecule has 0 radical (unpaired) electrons. The molecule has 0 saturated carbocycles. The largest absolute Gasteiger partial charge is 0.444 e. The van der Waals surface area contributed by atoms with Gasteiger partial charge in [0.15, 0.2) is 8.32 Å². The third-order valence-corrected chi connectivity index (χ3v) is 9.19. The van der Waals surface area contributed by atoms with E-state index in [9.17, 15) is 4.79 Å². The summed E-state index contributed by atoms with van der Waals surface area (Å²) in [6.45, 7) is 19.4. The maximum absolute atomic E-state index is 12.2. The van der Waals surface area contributed by atoms with Gasteiger partial charge in [-0.2, -0.15) is 0 Å². The van der Waals surface area contributed by atoms with Crippen LogP contribution >= 0.6 is 0 Å². The van der Waals surface area contributed by atoms with Crippen LogP contribution < -0.4 is 5.32 Å². The third kappa shape index (κ3) is 9.90. The van der Waals surface area contributed by atoms with Crippen molar-refractivity contribution in [1.29, 1.82) is 0 Å². The van der Waals surface area contributed by atoms with E-state index >= 15 is 0 Å². The molecule has 0 aliphatic rings. The Morgan fingerprint density at radius 3 is 2.12 bits per heavy atom. The van der Waals surface area contributed by atoms with Gasteiger partial charge in [0.05, 0.1) is 12.1 Å². The molecule has 0 spiro atoms. The van der Waals surface area contributed by atoms with Gasteiger partial charge in [-0.15, -0.1) is 0 Å². The van der Waals surface area contributed by atoms with Crippen LogP contribution in [0.25, 0.3) is 0 Å². The Balaban J connectivity index is 4.94. The minimum absolute atomic E-state index is 0.151. The number of carbonyl (C=O) groups excluding carboxylic acids is 1. The maximum atomic E-state index is 12.2. The minimum Gasteiger partial charge on any atom is -0.444 e. The fourth-order valence-corrected chi connectivity index (χ4v) is 3.20. The predicted molar refractivity (Wildman–Crippen MR) is 108 cm³/mol. The third-order valence-electron chi connectivity index (χ3n) is 4.65. The fourth-order valence-electron chi connectivity index (χ4n) is 2.14. The highest BCUT2D eigenvalue weighted by atomic mass is 28.4. The number of amides is 1. The summed E-state index contributed by atoms with van der Waals surface area (Å²) in [6.07, 6.45) is 0.817. The van der Waals surface area contributed by atoms with E-state index in [4.69, 9.17) is 18.6 Å². The smallest absolute Gasteiger partial charge is 0.407 e. The zero-order valence-electron chi connectivity index (χ0n) is 18.5. The van der Waals surface area contributed by atoms with E-state index in [2.05, 4.69) is 39.2 Å². The van der Waals surface area contributed by atoms with Crippen LogP contribution in [0.1, 0.15) is 61.3 Å². The van der Waals surface area contributed by atoms with Crippen molar-refractivity contribution in [3.63, 3.8) is 0 Å². The number of methoxy groups -OCH3 is 1. The van der Waals surface area contributed by atoms with Crippen molar-refractivity contribution < 1.29 is 23.4 Å². The van der Waals surface area contributed by atoms with Gasteiger partial charge >= 0.3 is 6.09 Å². The zero-order valence-corrected chi connectivity index (χ0v) is 19.5. The highest BCUT2D eigenvalue weighted by Crippen LogP contribution is 2.36. The first kappa shape index (κ1) is 25.4. The molecule has 156 valence electrons. The van der Waals surface area contributed by atoms with Gasteiger partial charge in [0, 0.05) is 13.7 Å². The van der Waals surface area contributed by atoms with Crippen LogP contribution in [0.3, 0.4) is 0 Å². The van der Waals surface area contributed by atoms with Crippen LogP contribution in [0.15, 0.2) is 0 Å². The molecule has 7 heteroatoms. The second-order valence-corrected chi connectivity index (χ2v) is 14.0. The number of hydrogen-bond acceptors (Lipinski definition) is 5. The molecule has 0 fully saturated rings. The molecule has 0 heterocycles. The SMILES string of the molecule is CC[C@H](OCOC)[C@@H](CCO[Si](C)(C)C(C)(C)C)NC(=O)OC(C)(C)C. The molecule has 6 nitrogen and oxygen atoms in total. The average Bonchev–Trinajstić information content (AvgIpc) is 2.44. The molecule has 0 bridgehead atoms. The molecule has 1 N–H and O–H groups in total. The van der Waals surface area contributed by atoms with Gasteiger partial charge in [-0.25, -0.2) is 4.79 Å². The molecule has 26 heavy (non-hydrogen) atoms. The topological polar surface area (TPSA) is 66.0 Å². The monoisotopic (exact) mass is 391 g/mol. The number of hydrogen-bond donors (Lipinski definition) is 1. The lowest BCUT2D eigenvalue weighted by Crippen LogP contribution is -2.48. The van der Waals surface area contributed by atoms with Gasteiger partial charge in [0.1, 0.15) is 12.4 Å². The molecule has 0 rings (SSSR count). The molecular formula is C19H41NO5Si. The second kappa shape index (κ2) is 10.6. The molecule has 0 aromatic rings. The summed E-state index contributed by atoms with van der Waals surface area (Å²) in [6, 6.07) is -0.199. The van der Waals surface area contributed by atoms with Crippen LogP contribution in [-0.2, 0) is 18.6 Å². The number of ether oxygens (including phenoxy) is 3. The lowest BCUT2D eigenvalue weighted by Gasteiger charge is -2.37. The maximum Gasteiger partial charge on any atom is 0.407 e. The van der Waals surface area contributed by atoms with E-state index in [1.807, 2.05) is 27.7 Å². The number of rotatable bonds is 10. The van der Waals surface area contributed by atoms with Gasteiger partial charge in [-0.1, -0.05) is 27.7 Å². The lowest BCUT2D eigenvalue weighted by molar-refractivity contribution is -0.0863. The molecule has 0 aliphatic carbocycles. The van der Waals surface area contributed by atoms with E-state index in [0.717, 1.165) is 6.42 Å². The summed E-state index contributed by atoms with van der Waals surface area (Å²) in [5.74, 6) is 0. The van der Waals surface area contributed by atoms with Gasteiger partial charge in [0.25, 0.3) is 0 Å². The van der Waals surface area contributed by atoms with Crippen LogP contribution in [0, 0.1) is 0 Å². The highest BCUT2D eigenvalue weighted by molar-refractivity contribution is 6.74. The van der Waals surface area contributed by atoms with E-state index in [-0.39, 0.29) is 24.0 Å². The van der Waals surface area contributed by atoms with Gasteiger partial charge < -0.3 is 24.0 Å². The Morgan fingerprint density at radius 1 is 1.12 bits per heavy atom. The van der Waals surface area contributed by atoms with Gasteiger partial charge in [-0.3, -0.25) is 0 Å². The van der Waals surface area contributed by atoms with Crippen molar-refractivity contribution in [2.75, 3.05) is 20.5 Å². The number of alkyl carbamates (subject to hydrolysis) is 1. The van der Waals surface area contributed by atoms with Crippen LogP contribution in [0.5, 0.6) is 0 Å². The molecule has 2 atom stereocenters. The van der Waals surface area contributed by atoms with Crippen molar-refractivity contribution in [3.8, 4) is 0 Å². The lowest BCUT2D eigenvalue weighted by atomic mass is 10.1. The molecule has 0 aliphatic heterocycles. The van der Waals surface area contributed by atoms with E-state index in [0.29, 0.717) is 13.0 Å². The summed E-state index contributed by atoms with van der Waals surface area (Å²) in [5.41, 5.74) is -0.540. The van der Waals surface area contributed by atoms with Crippen LogP contribution in [-0.4, -0.2) is 52.7 Å². The average molecular weight is 392 g/mol. The number of nitrogens with one attached hydrogen (secondary N) is 1. The summed E-state index contributed by atoms with van der Waals surface area (Å²) >= 11 is 0. The van der Waals surface area contributed by atoms with E-state index in [1.165, 1.54) is 0 Å². The molecule has 0 saturated heterocycles. The quantitative estimate of drug-likeness (QED) is 0.432. The van der Waals surface area contributed by atoms with Crippen LogP contribution in [0.2, 0.25) is 18.1 Å². The summed E-state index contributed by atoms with van der Waals surface area (Å²) < 4.78 is 22.4.